The second-order valence-electron chi connectivity index (χ2n) is 5.43. The summed E-state index contributed by atoms with van der Waals surface area (Å²) in [6, 6.07) is 13.3. The molecule has 1 aromatic carbocycles. The van der Waals surface area contributed by atoms with Gasteiger partial charge in [0.25, 0.3) is 5.91 Å². The van der Waals surface area contributed by atoms with E-state index in [9.17, 15) is 4.79 Å². The summed E-state index contributed by atoms with van der Waals surface area (Å²) in [7, 11) is 1.62. The minimum atomic E-state index is -0.149. The van der Waals surface area contributed by atoms with E-state index >= 15 is 0 Å². The van der Waals surface area contributed by atoms with Crippen LogP contribution in [0.15, 0.2) is 54.9 Å². The van der Waals surface area contributed by atoms with Crippen molar-refractivity contribution in [1.82, 2.24) is 20.1 Å². The summed E-state index contributed by atoms with van der Waals surface area (Å²) in [5.41, 5.74) is 2.07. The molecular weight excluding hydrogens is 304 g/mol. The summed E-state index contributed by atoms with van der Waals surface area (Å²) in [5, 5.41) is 9.89. The molecule has 0 aliphatic carbocycles. The van der Waals surface area contributed by atoms with E-state index < -0.39 is 0 Å². The molecule has 0 bridgehead atoms. The van der Waals surface area contributed by atoms with Gasteiger partial charge in [-0.3, -0.25) is 9.89 Å². The zero-order chi connectivity index (χ0) is 16.8. The molecule has 0 spiro atoms. The van der Waals surface area contributed by atoms with Gasteiger partial charge in [-0.25, -0.2) is 0 Å². The van der Waals surface area contributed by atoms with Gasteiger partial charge in [-0.05, 0) is 36.8 Å². The predicted octanol–water partition coefficient (Wildman–Crippen LogP) is 2.71. The number of carbonyl (C=O) groups excluding carboxylic acids is 1. The van der Waals surface area contributed by atoms with Gasteiger partial charge in [0.15, 0.2) is 0 Å². The van der Waals surface area contributed by atoms with Crippen molar-refractivity contribution in [3.8, 4) is 17.0 Å². The zero-order valence-corrected chi connectivity index (χ0v) is 13.5. The van der Waals surface area contributed by atoms with Gasteiger partial charge in [-0.15, -0.1) is 0 Å². The molecule has 2 aromatic heterocycles. The minimum absolute atomic E-state index is 0.149. The van der Waals surface area contributed by atoms with E-state index in [0.29, 0.717) is 17.9 Å². The zero-order valence-electron chi connectivity index (χ0n) is 13.5. The van der Waals surface area contributed by atoms with Gasteiger partial charge in [-0.1, -0.05) is 12.1 Å². The van der Waals surface area contributed by atoms with Crippen LogP contribution >= 0.6 is 0 Å². The normalized spacial score (nSPS) is 10.5. The molecule has 2 heterocycles. The highest BCUT2D eigenvalue weighted by Crippen LogP contribution is 2.22. The van der Waals surface area contributed by atoms with E-state index in [0.717, 1.165) is 24.3 Å². The Labute approximate surface area is 140 Å². The fourth-order valence-electron chi connectivity index (χ4n) is 2.45. The highest BCUT2D eigenvalue weighted by Gasteiger charge is 2.11. The average Bonchev–Trinajstić information content (AvgIpc) is 3.30. The SMILES string of the molecule is COc1cccc(-c2cc(C(=O)NCCCn3cccc3)[nH]n2)c1. The lowest BCUT2D eigenvalue weighted by atomic mass is 10.1. The number of aryl methyl sites for hydroxylation is 1. The molecule has 1 amide bonds. The average molecular weight is 324 g/mol. The Hall–Kier alpha value is -3.02. The molecule has 6 nitrogen and oxygen atoms in total. The van der Waals surface area contributed by atoms with Crippen LogP contribution in [0.2, 0.25) is 0 Å². The number of nitrogens with zero attached hydrogens (tertiary/aromatic N) is 2. The van der Waals surface area contributed by atoms with Crippen LogP contribution in [0.4, 0.5) is 0 Å². The second-order valence-corrected chi connectivity index (χ2v) is 5.43. The van der Waals surface area contributed by atoms with Gasteiger partial charge in [0.1, 0.15) is 11.4 Å². The molecule has 0 fully saturated rings. The lowest BCUT2D eigenvalue weighted by molar-refractivity contribution is 0.0947. The maximum atomic E-state index is 12.2. The van der Waals surface area contributed by atoms with Crippen molar-refractivity contribution in [1.29, 1.82) is 0 Å². The molecule has 0 saturated carbocycles. The predicted molar refractivity (Wildman–Crippen MR) is 92.0 cm³/mol. The Morgan fingerprint density at radius 3 is 2.88 bits per heavy atom. The number of carbonyl (C=O) groups is 1. The van der Waals surface area contributed by atoms with Crippen molar-refractivity contribution in [3.63, 3.8) is 0 Å². The Balaban J connectivity index is 1.55. The lowest BCUT2D eigenvalue weighted by Gasteiger charge is -2.04. The van der Waals surface area contributed by atoms with Crippen molar-refractivity contribution in [2.75, 3.05) is 13.7 Å². The molecule has 0 unspecified atom stereocenters. The number of H-pyrrole nitrogens is 1. The maximum absolute atomic E-state index is 12.2. The summed E-state index contributed by atoms with van der Waals surface area (Å²) < 4.78 is 7.29. The quantitative estimate of drug-likeness (QED) is 0.656. The molecule has 2 N–H and O–H groups in total. The number of nitrogens with one attached hydrogen (secondary N) is 2. The topological polar surface area (TPSA) is 71.9 Å². The van der Waals surface area contributed by atoms with Crippen molar-refractivity contribution in [2.24, 2.45) is 0 Å². The van der Waals surface area contributed by atoms with Crippen LogP contribution in [0.1, 0.15) is 16.9 Å². The van der Waals surface area contributed by atoms with Crippen LogP contribution in [0.3, 0.4) is 0 Å². The third-order valence-corrected chi connectivity index (χ3v) is 3.73. The number of benzene rings is 1. The number of amides is 1. The molecular formula is C18H20N4O2. The van der Waals surface area contributed by atoms with Gasteiger partial charge < -0.3 is 14.6 Å². The standard InChI is InChI=1S/C18H20N4O2/c1-24-15-7-4-6-14(12-15)16-13-17(21-20-16)18(23)19-8-5-11-22-9-2-3-10-22/h2-4,6-7,9-10,12-13H,5,8,11H2,1H3,(H,19,23)(H,20,21). The first-order valence-corrected chi connectivity index (χ1v) is 7.85. The third-order valence-electron chi connectivity index (χ3n) is 3.73. The van der Waals surface area contributed by atoms with Crippen LogP contribution < -0.4 is 10.1 Å². The molecule has 3 rings (SSSR count). The van der Waals surface area contributed by atoms with E-state index in [4.69, 9.17) is 4.74 Å². The number of aromatic nitrogens is 3. The van der Waals surface area contributed by atoms with Crippen LogP contribution in [-0.2, 0) is 6.54 Å². The number of aromatic amines is 1. The number of rotatable bonds is 7. The van der Waals surface area contributed by atoms with Crippen molar-refractivity contribution in [3.05, 3.63) is 60.6 Å². The molecule has 3 aromatic rings. The first-order valence-electron chi connectivity index (χ1n) is 7.85. The number of hydrogen-bond acceptors (Lipinski definition) is 3. The first kappa shape index (κ1) is 15.9. The molecule has 0 aliphatic heterocycles. The molecule has 0 atom stereocenters. The Morgan fingerprint density at radius 1 is 1.25 bits per heavy atom. The Morgan fingerprint density at radius 2 is 2.08 bits per heavy atom. The summed E-state index contributed by atoms with van der Waals surface area (Å²) in [6.45, 7) is 1.50. The number of ether oxygens (including phenoxy) is 1. The Kier molecular flexibility index (Phi) is 4.96. The summed E-state index contributed by atoms with van der Waals surface area (Å²) >= 11 is 0. The first-order chi connectivity index (χ1) is 11.8. The van der Waals surface area contributed by atoms with E-state index in [-0.39, 0.29) is 5.91 Å². The smallest absolute Gasteiger partial charge is 0.269 e. The summed E-state index contributed by atoms with van der Waals surface area (Å²) in [5.74, 6) is 0.607. The molecule has 24 heavy (non-hydrogen) atoms. The molecule has 0 radical (unpaired) electrons. The second kappa shape index (κ2) is 7.50. The molecule has 6 heteroatoms. The fourth-order valence-corrected chi connectivity index (χ4v) is 2.45. The van der Waals surface area contributed by atoms with Crippen molar-refractivity contribution >= 4 is 5.91 Å². The van der Waals surface area contributed by atoms with Crippen LogP contribution in [0, 0.1) is 0 Å². The third kappa shape index (κ3) is 3.84. The number of methoxy groups -OCH3 is 1. The Bertz CT molecular complexity index is 793. The van der Waals surface area contributed by atoms with Crippen LogP contribution in [0.25, 0.3) is 11.3 Å². The van der Waals surface area contributed by atoms with Gasteiger partial charge in [-0.2, -0.15) is 5.10 Å². The van der Waals surface area contributed by atoms with E-state index in [2.05, 4.69) is 20.1 Å². The highest BCUT2D eigenvalue weighted by atomic mass is 16.5. The largest absolute Gasteiger partial charge is 0.497 e. The summed E-state index contributed by atoms with van der Waals surface area (Å²) in [4.78, 5) is 12.2. The van der Waals surface area contributed by atoms with E-state index in [1.165, 1.54) is 0 Å². The molecule has 0 aliphatic rings. The lowest BCUT2D eigenvalue weighted by Crippen LogP contribution is -2.25. The van der Waals surface area contributed by atoms with Gasteiger partial charge in [0.2, 0.25) is 0 Å². The van der Waals surface area contributed by atoms with E-state index in [1.807, 2.05) is 48.8 Å². The monoisotopic (exact) mass is 324 g/mol. The van der Waals surface area contributed by atoms with Gasteiger partial charge in [0.05, 0.1) is 12.8 Å². The molecule has 0 saturated heterocycles. The van der Waals surface area contributed by atoms with Crippen molar-refractivity contribution in [2.45, 2.75) is 13.0 Å². The van der Waals surface area contributed by atoms with Crippen LogP contribution in [0.5, 0.6) is 5.75 Å². The summed E-state index contributed by atoms with van der Waals surface area (Å²) in [6.07, 6.45) is 4.89. The fraction of sp³-hybridized carbons (Fsp3) is 0.222. The molecule has 124 valence electrons. The van der Waals surface area contributed by atoms with Gasteiger partial charge >= 0.3 is 0 Å². The minimum Gasteiger partial charge on any atom is -0.497 e. The highest BCUT2D eigenvalue weighted by molar-refractivity contribution is 5.93. The van der Waals surface area contributed by atoms with Gasteiger partial charge in [0, 0.05) is 31.0 Å². The van der Waals surface area contributed by atoms with Crippen molar-refractivity contribution < 1.29 is 9.53 Å². The number of hydrogen-bond donors (Lipinski definition) is 2. The van der Waals surface area contributed by atoms with Crippen LogP contribution in [-0.4, -0.2) is 34.3 Å². The van der Waals surface area contributed by atoms with E-state index in [1.54, 1.807) is 13.2 Å². The maximum Gasteiger partial charge on any atom is 0.269 e.